The third kappa shape index (κ3) is 2.38. The summed E-state index contributed by atoms with van der Waals surface area (Å²) in [6.07, 6.45) is 6.84. The lowest BCUT2D eigenvalue weighted by atomic mass is 10.1. The number of rotatable bonds is 3. The van der Waals surface area contributed by atoms with Crippen LogP contribution in [0.3, 0.4) is 0 Å². The summed E-state index contributed by atoms with van der Waals surface area (Å²) in [6, 6.07) is 8.16. The minimum absolute atomic E-state index is 0.240. The van der Waals surface area contributed by atoms with Crippen LogP contribution in [0.4, 0.5) is 10.1 Å². The molecule has 0 spiro atoms. The van der Waals surface area contributed by atoms with Gasteiger partial charge in [-0.05, 0) is 23.8 Å². The summed E-state index contributed by atoms with van der Waals surface area (Å²) in [5, 5.41) is 0. The van der Waals surface area contributed by atoms with E-state index in [9.17, 15) is 4.39 Å². The highest BCUT2D eigenvalue weighted by atomic mass is 19.1. The Kier molecular flexibility index (Phi) is 3.16. The minimum atomic E-state index is -0.240. The van der Waals surface area contributed by atoms with Crippen LogP contribution in [-0.2, 0) is 6.54 Å². The number of anilines is 1. The quantitative estimate of drug-likeness (QED) is 0.794. The molecule has 2 N–H and O–H groups in total. The summed E-state index contributed by atoms with van der Waals surface area (Å²) in [5.41, 5.74) is 9.34. The lowest BCUT2D eigenvalue weighted by Crippen LogP contribution is -2.02. The summed E-state index contributed by atoms with van der Waals surface area (Å²) in [5.74, 6) is -0.240. The zero-order valence-electron chi connectivity index (χ0n) is 10.7. The highest BCUT2D eigenvalue weighted by Gasteiger charge is 2.09. The molecule has 0 saturated heterocycles. The van der Waals surface area contributed by atoms with E-state index >= 15 is 0 Å². The fourth-order valence-electron chi connectivity index (χ4n) is 2.08. The molecular formula is C15H13FN4. The Morgan fingerprint density at radius 2 is 1.85 bits per heavy atom. The van der Waals surface area contributed by atoms with E-state index in [2.05, 4.69) is 9.97 Å². The SMILES string of the molecule is Nc1ccncc1-c1cncn1Cc1ccc(F)cc1. The van der Waals surface area contributed by atoms with Gasteiger partial charge in [0.05, 0.1) is 18.2 Å². The molecule has 0 fully saturated rings. The fraction of sp³-hybridized carbons (Fsp3) is 0.0667. The molecular weight excluding hydrogens is 255 g/mol. The first kappa shape index (κ1) is 12.3. The Bertz CT molecular complexity index is 719. The molecule has 0 saturated carbocycles. The minimum Gasteiger partial charge on any atom is -0.398 e. The van der Waals surface area contributed by atoms with Crippen molar-refractivity contribution < 1.29 is 4.39 Å². The molecule has 0 atom stereocenters. The Morgan fingerprint density at radius 3 is 2.60 bits per heavy atom. The number of pyridine rings is 1. The highest BCUT2D eigenvalue weighted by molar-refractivity contribution is 5.72. The molecule has 0 aliphatic rings. The van der Waals surface area contributed by atoms with E-state index in [-0.39, 0.29) is 5.82 Å². The number of nitrogen functional groups attached to an aromatic ring is 1. The van der Waals surface area contributed by atoms with Crippen LogP contribution in [0.5, 0.6) is 0 Å². The van der Waals surface area contributed by atoms with Crippen molar-refractivity contribution >= 4 is 5.69 Å². The van der Waals surface area contributed by atoms with Crippen LogP contribution in [0, 0.1) is 5.82 Å². The smallest absolute Gasteiger partial charge is 0.123 e. The second-order valence-electron chi connectivity index (χ2n) is 4.50. The molecule has 0 amide bonds. The average Bonchev–Trinajstić information content (AvgIpc) is 2.90. The summed E-state index contributed by atoms with van der Waals surface area (Å²) >= 11 is 0. The van der Waals surface area contributed by atoms with Gasteiger partial charge < -0.3 is 10.3 Å². The van der Waals surface area contributed by atoms with E-state index < -0.39 is 0 Å². The molecule has 2 aromatic heterocycles. The normalized spacial score (nSPS) is 10.7. The first-order valence-electron chi connectivity index (χ1n) is 6.18. The maximum absolute atomic E-state index is 12.9. The van der Waals surface area contributed by atoms with Gasteiger partial charge in [0.2, 0.25) is 0 Å². The predicted molar refractivity (Wildman–Crippen MR) is 75.4 cm³/mol. The maximum atomic E-state index is 12.9. The number of nitrogens with two attached hydrogens (primary N) is 1. The van der Waals surface area contributed by atoms with E-state index in [1.54, 1.807) is 43.1 Å². The highest BCUT2D eigenvalue weighted by Crippen LogP contribution is 2.24. The van der Waals surface area contributed by atoms with Gasteiger partial charge in [0.25, 0.3) is 0 Å². The maximum Gasteiger partial charge on any atom is 0.123 e. The molecule has 0 aliphatic carbocycles. The molecule has 1 aromatic carbocycles. The zero-order valence-corrected chi connectivity index (χ0v) is 10.7. The molecule has 20 heavy (non-hydrogen) atoms. The van der Waals surface area contributed by atoms with Gasteiger partial charge in [0, 0.05) is 30.2 Å². The molecule has 0 radical (unpaired) electrons. The average molecular weight is 268 g/mol. The van der Waals surface area contributed by atoms with E-state index in [1.165, 1.54) is 12.1 Å². The molecule has 0 bridgehead atoms. The van der Waals surface area contributed by atoms with Crippen LogP contribution in [0.25, 0.3) is 11.3 Å². The first-order chi connectivity index (χ1) is 9.74. The van der Waals surface area contributed by atoms with Gasteiger partial charge >= 0.3 is 0 Å². The van der Waals surface area contributed by atoms with Gasteiger partial charge in [-0.1, -0.05) is 12.1 Å². The van der Waals surface area contributed by atoms with Crippen LogP contribution in [0.15, 0.2) is 55.2 Å². The molecule has 2 heterocycles. The van der Waals surface area contributed by atoms with Crippen molar-refractivity contribution in [2.75, 3.05) is 5.73 Å². The first-order valence-corrected chi connectivity index (χ1v) is 6.18. The number of benzene rings is 1. The zero-order chi connectivity index (χ0) is 13.9. The van der Waals surface area contributed by atoms with Gasteiger partial charge in [0.15, 0.2) is 0 Å². The van der Waals surface area contributed by atoms with Crippen LogP contribution < -0.4 is 5.73 Å². The van der Waals surface area contributed by atoms with Crippen molar-refractivity contribution in [3.05, 3.63) is 66.6 Å². The summed E-state index contributed by atoms with van der Waals surface area (Å²) in [4.78, 5) is 8.25. The van der Waals surface area contributed by atoms with Gasteiger partial charge in [0.1, 0.15) is 5.82 Å². The molecule has 5 heteroatoms. The van der Waals surface area contributed by atoms with Crippen LogP contribution in [0.2, 0.25) is 0 Å². The second kappa shape index (κ2) is 5.13. The number of nitrogens with zero attached hydrogens (tertiary/aromatic N) is 3. The topological polar surface area (TPSA) is 56.7 Å². The number of hydrogen-bond acceptors (Lipinski definition) is 3. The van der Waals surface area contributed by atoms with Crippen molar-refractivity contribution in [1.29, 1.82) is 0 Å². The van der Waals surface area contributed by atoms with E-state index in [0.717, 1.165) is 16.8 Å². The summed E-state index contributed by atoms with van der Waals surface area (Å²) in [7, 11) is 0. The third-order valence-corrected chi connectivity index (χ3v) is 3.11. The van der Waals surface area contributed by atoms with E-state index in [4.69, 9.17) is 5.73 Å². The van der Waals surface area contributed by atoms with E-state index in [0.29, 0.717) is 12.2 Å². The third-order valence-electron chi connectivity index (χ3n) is 3.11. The molecule has 0 unspecified atom stereocenters. The van der Waals surface area contributed by atoms with E-state index in [1.807, 2.05) is 4.57 Å². The van der Waals surface area contributed by atoms with Crippen molar-refractivity contribution in [3.63, 3.8) is 0 Å². The molecule has 0 aliphatic heterocycles. The van der Waals surface area contributed by atoms with Gasteiger partial charge in [-0.15, -0.1) is 0 Å². The second-order valence-corrected chi connectivity index (χ2v) is 4.50. The Balaban J connectivity index is 1.95. The van der Waals surface area contributed by atoms with Gasteiger partial charge in [-0.25, -0.2) is 9.37 Å². The monoisotopic (exact) mass is 268 g/mol. The standard InChI is InChI=1S/C15H13FN4/c16-12-3-1-11(2-4-12)9-20-10-19-8-15(20)13-7-18-6-5-14(13)17/h1-8,10H,9H2,(H2,17,18). The fourth-order valence-corrected chi connectivity index (χ4v) is 2.08. The number of imidazole rings is 1. The summed E-state index contributed by atoms with van der Waals surface area (Å²) in [6.45, 7) is 0.601. The molecule has 3 rings (SSSR count). The number of aromatic nitrogens is 3. The molecule has 3 aromatic rings. The van der Waals surface area contributed by atoms with Crippen molar-refractivity contribution in [3.8, 4) is 11.3 Å². The molecule has 100 valence electrons. The van der Waals surface area contributed by atoms with Gasteiger partial charge in [-0.2, -0.15) is 0 Å². The van der Waals surface area contributed by atoms with Crippen molar-refractivity contribution in [2.24, 2.45) is 0 Å². The lowest BCUT2D eigenvalue weighted by molar-refractivity contribution is 0.626. The largest absolute Gasteiger partial charge is 0.398 e. The van der Waals surface area contributed by atoms with Crippen LogP contribution >= 0.6 is 0 Å². The van der Waals surface area contributed by atoms with Crippen LogP contribution in [0.1, 0.15) is 5.56 Å². The molecule has 4 nitrogen and oxygen atoms in total. The van der Waals surface area contributed by atoms with Gasteiger partial charge in [-0.3, -0.25) is 4.98 Å². The predicted octanol–water partition coefficient (Wildman–Crippen LogP) is 2.71. The van der Waals surface area contributed by atoms with Crippen molar-refractivity contribution in [1.82, 2.24) is 14.5 Å². The number of hydrogen-bond donors (Lipinski definition) is 1. The lowest BCUT2D eigenvalue weighted by Gasteiger charge is -2.09. The van der Waals surface area contributed by atoms with Crippen LogP contribution in [-0.4, -0.2) is 14.5 Å². The van der Waals surface area contributed by atoms with Crippen molar-refractivity contribution in [2.45, 2.75) is 6.54 Å². The summed E-state index contributed by atoms with van der Waals surface area (Å²) < 4.78 is 14.9. The Morgan fingerprint density at radius 1 is 1.05 bits per heavy atom. The Hall–Kier alpha value is -2.69. The number of halogens is 1. The Labute approximate surface area is 115 Å².